The maximum atomic E-state index is 13.9. The first kappa shape index (κ1) is 24.4. The Balaban J connectivity index is 0.00000171. The smallest absolute Gasteiger partial charge is 0.297 e. The fourth-order valence-electron chi connectivity index (χ4n) is 3.29. The summed E-state index contributed by atoms with van der Waals surface area (Å²) >= 11 is 0. The summed E-state index contributed by atoms with van der Waals surface area (Å²) in [6.07, 6.45) is 5.02. The fourth-order valence-corrected chi connectivity index (χ4v) is 3.29. The zero-order chi connectivity index (χ0) is 20.4. The number of rotatable bonds is 4. The Morgan fingerprint density at radius 2 is 1.97 bits per heavy atom. The molecule has 0 unspecified atom stereocenters. The van der Waals surface area contributed by atoms with Gasteiger partial charge in [-0.2, -0.15) is 4.98 Å². The van der Waals surface area contributed by atoms with Crippen LogP contribution in [0, 0.1) is 11.6 Å². The van der Waals surface area contributed by atoms with Gasteiger partial charge in [-0.1, -0.05) is 11.2 Å². The Labute approximate surface area is 189 Å². The van der Waals surface area contributed by atoms with Crippen molar-refractivity contribution in [2.75, 3.05) is 23.3 Å². The van der Waals surface area contributed by atoms with E-state index < -0.39 is 29.0 Å². The summed E-state index contributed by atoms with van der Waals surface area (Å²) in [5, 5.41) is 6.22. The van der Waals surface area contributed by atoms with Crippen LogP contribution in [0.15, 0.2) is 41.2 Å². The van der Waals surface area contributed by atoms with Crippen molar-refractivity contribution >= 4 is 42.1 Å². The number of anilines is 2. The number of pyridine rings is 1. The molecule has 31 heavy (non-hydrogen) atoms. The van der Waals surface area contributed by atoms with E-state index in [-0.39, 0.29) is 36.7 Å². The number of nitrogens with two attached hydrogens (primary N) is 1. The van der Waals surface area contributed by atoms with Gasteiger partial charge in [0, 0.05) is 25.3 Å². The van der Waals surface area contributed by atoms with Crippen LogP contribution >= 0.6 is 24.8 Å². The van der Waals surface area contributed by atoms with Gasteiger partial charge in [-0.05, 0) is 31.0 Å². The molecule has 1 atom stereocenters. The summed E-state index contributed by atoms with van der Waals surface area (Å²) in [7, 11) is 0. The van der Waals surface area contributed by atoms with Gasteiger partial charge >= 0.3 is 0 Å². The predicted molar refractivity (Wildman–Crippen MR) is 116 cm³/mol. The quantitative estimate of drug-likeness (QED) is 0.598. The van der Waals surface area contributed by atoms with Crippen molar-refractivity contribution in [1.29, 1.82) is 0 Å². The van der Waals surface area contributed by atoms with Crippen LogP contribution in [-0.4, -0.2) is 40.2 Å². The topological polar surface area (TPSA) is 110 Å². The number of halogens is 4. The van der Waals surface area contributed by atoms with Crippen molar-refractivity contribution in [3.63, 3.8) is 0 Å². The molecular formula is C19H20Cl2F2N6O2. The fraction of sp³-hybridized carbons (Fsp3) is 0.263. The lowest BCUT2D eigenvalue weighted by Gasteiger charge is -2.33. The van der Waals surface area contributed by atoms with Crippen molar-refractivity contribution in [1.82, 2.24) is 15.1 Å². The van der Waals surface area contributed by atoms with Crippen LogP contribution in [0.25, 0.3) is 11.5 Å². The predicted octanol–water partition coefficient (Wildman–Crippen LogP) is 3.43. The SMILES string of the molecule is Cl.Cl.N[C@H]1CCCN(c2ccncc2NC(=O)c2noc(-c3c(F)cccc3F)n2)C1. The summed E-state index contributed by atoms with van der Waals surface area (Å²) in [5.74, 6) is -3.19. The van der Waals surface area contributed by atoms with Crippen LogP contribution in [0.2, 0.25) is 0 Å². The molecule has 1 amide bonds. The van der Waals surface area contributed by atoms with Crippen LogP contribution in [0.4, 0.5) is 20.2 Å². The van der Waals surface area contributed by atoms with E-state index >= 15 is 0 Å². The largest absolute Gasteiger partial charge is 0.368 e. The van der Waals surface area contributed by atoms with Gasteiger partial charge in [0.05, 0.1) is 17.6 Å². The van der Waals surface area contributed by atoms with Crippen LogP contribution in [0.1, 0.15) is 23.5 Å². The zero-order valence-electron chi connectivity index (χ0n) is 16.1. The van der Waals surface area contributed by atoms with Crippen LogP contribution in [-0.2, 0) is 0 Å². The molecule has 1 saturated heterocycles. The molecule has 1 aromatic carbocycles. The highest BCUT2D eigenvalue weighted by molar-refractivity contribution is 6.03. The zero-order valence-corrected chi connectivity index (χ0v) is 17.8. The van der Waals surface area contributed by atoms with Gasteiger partial charge in [0.1, 0.15) is 17.2 Å². The van der Waals surface area contributed by atoms with E-state index in [2.05, 4.69) is 25.3 Å². The number of benzene rings is 1. The van der Waals surface area contributed by atoms with Crippen LogP contribution < -0.4 is 16.0 Å². The number of hydrogen-bond donors (Lipinski definition) is 2. The second-order valence-corrected chi connectivity index (χ2v) is 6.72. The lowest BCUT2D eigenvalue weighted by Crippen LogP contribution is -2.43. The minimum Gasteiger partial charge on any atom is -0.368 e. The number of carbonyl (C=O) groups excluding carboxylic acids is 1. The standard InChI is InChI=1S/C19H18F2N6O2.2ClH/c20-12-4-1-5-13(21)16(12)19-25-17(26-29-19)18(28)24-14-9-23-7-6-15(14)27-8-2-3-11(22)10-27;;/h1,4-7,9,11H,2-3,8,10,22H2,(H,24,28);2*1H/t11-;;/m0../s1. The van der Waals surface area contributed by atoms with E-state index in [9.17, 15) is 13.6 Å². The normalized spacial score (nSPS) is 15.6. The van der Waals surface area contributed by atoms with E-state index in [0.717, 1.165) is 37.2 Å². The highest BCUT2D eigenvalue weighted by Crippen LogP contribution is 2.28. The van der Waals surface area contributed by atoms with Gasteiger partial charge in [-0.15, -0.1) is 24.8 Å². The first-order valence-corrected chi connectivity index (χ1v) is 9.07. The average molecular weight is 473 g/mol. The van der Waals surface area contributed by atoms with E-state index in [4.69, 9.17) is 10.3 Å². The Morgan fingerprint density at radius 1 is 1.23 bits per heavy atom. The minimum atomic E-state index is -0.864. The van der Waals surface area contributed by atoms with Crippen molar-refractivity contribution in [2.24, 2.45) is 5.73 Å². The molecule has 1 aliphatic heterocycles. The highest BCUT2D eigenvalue weighted by Gasteiger charge is 2.23. The number of carbonyl (C=O) groups is 1. The van der Waals surface area contributed by atoms with E-state index in [0.29, 0.717) is 12.2 Å². The van der Waals surface area contributed by atoms with Gasteiger partial charge in [-0.3, -0.25) is 9.78 Å². The number of amides is 1. The van der Waals surface area contributed by atoms with Gasteiger partial charge < -0.3 is 20.5 Å². The number of aromatic nitrogens is 3. The van der Waals surface area contributed by atoms with Crippen LogP contribution in [0.3, 0.4) is 0 Å². The lowest BCUT2D eigenvalue weighted by atomic mass is 10.1. The maximum Gasteiger partial charge on any atom is 0.297 e. The van der Waals surface area contributed by atoms with Gasteiger partial charge in [-0.25, -0.2) is 8.78 Å². The number of piperidine rings is 1. The monoisotopic (exact) mass is 472 g/mol. The third-order valence-corrected chi connectivity index (χ3v) is 4.65. The Kier molecular flexibility index (Phi) is 8.26. The van der Waals surface area contributed by atoms with Gasteiger partial charge in [0.15, 0.2) is 0 Å². The Morgan fingerprint density at radius 3 is 2.68 bits per heavy atom. The molecule has 1 aliphatic rings. The van der Waals surface area contributed by atoms with Crippen molar-refractivity contribution in [3.8, 4) is 11.5 Å². The second kappa shape index (κ2) is 10.5. The summed E-state index contributed by atoms with van der Waals surface area (Å²) in [4.78, 5) is 22.5. The summed E-state index contributed by atoms with van der Waals surface area (Å²) < 4.78 is 32.7. The van der Waals surface area contributed by atoms with Gasteiger partial charge in [0.25, 0.3) is 17.6 Å². The van der Waals surface area contributed by atoms with Gasteiger partial charge in [0.2, 0.25) is 0 Å². The van der Waals surface area contributed by atoms with Crippen molar-refractivity contribution in [2.45, 2.75) is 18.9 Å². The summed E-state index contributed by atoms with van der Waals surface area (Å²) in [6.45, 7) is 1.46. The molecule has 4 rings (SSSR count). The molecular weight excluding hydrogens is 453 g/mol. The molecule has 3 heterocycles. The van der Waals surface area contributed by atoms with E-state index in [1.165, 1.54) is 12.3 Å². The summed E-state index contributed by atoms with van der Waals surface area (Å²) in [5.41, 5.74) is 6.79. The maximum absolute atomic E-state index is 13.9. The molecule has 0 radical (unpaired) electrons. The molecule has 0 aliphatic carbocycles. The van der Waals surface area contributed by atoms with Crippen LogP contribution in [0.5, 0.6) is 0 Å². The molecule has 0 bridgehead atoms. The molecule has 3 N–H and O–H groups in total. The Hall–Kier alpha value is -2.82. The molecule has 12 heteroatoms. The molecule has 0 saturated carbocycles. The molecule has 3 aromatic rings. The van der Waals surface area contributed by atoms with E-state index in [1.807, 2.05) is 0 Å². The number of hydrogen-bond acceptors (Lipinski definition) is 7. The third-order valence-electron chi connectivity index (χ3n) is 4.65. The molecule has 0 spiro atoms. The average Bonchev–Trinajstić information content (AvgIpc) is 3.18. The molecule has 2 aromatic heterocycles. The first-order valence-electron chi connectivity index (χ1n) is 9.07. The molecule has 8 nitrogen and oxygen atoms in total. The lowest BCUT2D eigenvalue weighted by molar-refractivity contribution is 0.101. The summed E-state index contributed by atoms with van der Waals surface area (Å²) in [6, 6.07) is 5.18. The number of nitrogens with one attached hydrogen (secondary N) is 1. The third kappa shape index (κ3) is 5.27. The molecule has 166 valence electrons. The second-order valence-electron chi connectivity index (χ2n) is 6.72. The van der Waals surface area contributed by atoms with Crippen molar-refractivity contribution in [3.05, 3.63) is 54.1 Å². The Bertz CT molecular complexity index is 1030. The minimum absolute atomic E-state index is 0. The van der Waals surface area contributed by atoms with Crippen molar-refractivity contribution < 1.29 is 18.1 Å². The molecule has 1 fully saturated rings. The highest BCUT2D eigenvalue weighted by atomic mass is 35.5. The number of nitrogens with zero attached hydrogens (tertiary/aromatic N) is 4. The van der Waals surface area contributed by atoms with E-state index in [1.54, 1.807) is 12.3 Å². The first-order chi connectivity index (χ1) is 14.0.